The first kappa shape index (κ1) is 22.3. The van der Waals surface area contributed by atoms with Crippen LogP contribution in [0, 0.1) is 11.8 Å². The van der Waals surface area contributed by atoms with Crippen molar-refractivity contribution in [3.63, 3.8) is 0 Å². The summed E-state index contributed by atoms with van der Waals surface area (Å²) in [5, 5.41) is 3.08. The topological polar surface area (TPSA) is 52.7 Å². The number of amides is 2. The molecule has 31 heavy (non-hydrogen) atoms. The van der Waals surface area contributed by atoms with E-state index in [2.05, 4.69) is 34.3 Å². The van der Waals surface area contributed by atoms with Gasteiger partial charge in [0.25, 0.3) is 5.91 Å². The van der Waals surface area contributed by atoms with Gasteiger partial charge in [0.1, 0.15) is 0 Å². The van der Waals surface area contributed by atoms with E-state index in [0.29, 0.717) is 30.3 Å². The summed E-state index contributed by atoms with van der Waals surface area (Å²) < 4.78 is 0. The SMILES string of the molecule is CN(CCNC(=O)c1ccc(CC2CCN(C(=O)C3CC3)CC2)cc1)C1CCCCC1. The Kier molecular flexibility index (Phi) is 7.65. The molecule has 2 saturated carbocycles. The normalized spacial score (nSPS) is 20.8. The van der Waals surface area contributed by atoms with E-state index in [9.17, 15) is 9.59 Å². The Hall–Kier alpha value is -1.88. The van der Waals surface area contributed by atoms with Crippen LogP contribution in [0.15, 0.2) is 24.3 Å². The minimum Gasteiger partial charge on any atom is -0.351 e. The highest BCUT2D eigenvalue weighted by atomic mass is 16.2. The maximum absolute atomic E-state index is 12.5. The zero-order valence-electron chi connectivity index (χ0n) is 19.2. The lowest BCUT2D eigenvalue weighted by atomic mass is 9.89. The van der Waals surface area contributed by atoms with Crippen molar-refractivity contribution < 1.29 is 9.59 Å². The molecule has 3 aliphatic rings. The van der Waals surface area contributed by atoms with Crippen molar-refractivity contribution in [3.8, 4) is 0 Å². The molecule has 170 valence electrons. The minimum absolute atomic E-state index is 0.0236. The van der Waals surface area contributed by atoms with Crippen LogP contribution in [0.2, 0.25) is 0 Å². The number of piperidine rings is 1. The number of carbonyl (C=O) groups excluding carboxylic acids is 2. The van der Waals surface area contributed by atoms with E-state index < -0.39 is 0 Å². The van der Waals surface area contributed by atoms with Crippen molar-refractivity contribution in [2.24, 2.45) is 11.8 Å². The lowest BCUT2D eigenvalue weighted by Crippen LogP contribution is -2.39. The molecule has 1 aliphatic heterocycles. The van der Waals surface area contributed by atoms with E-state index in [0.717, 1.165) is 57.3 Å². The van der Waals surface area contributed by atoms with Crippen molar-refractivity contribution in [1.82, 2.24) is 15.1 Å². The molecule has 0 unspecified atom stereocenters. The summed E-state index contributed by atoms with van der Waals surface area (Å²) in [5.41, 5.74) is 2.04. The van der Waals surface area contributed by atoms with Gasteiger partial charge in [-0.2, -0.15) is 0 Å². The predicted octanol–water partition coefficient (Wildman–Crippen LogP) is 3.87. The van der Waals surface area contributed by atoms with Gasteiger partial charge in [0.2, 0.25) is 5.91 Å². The molecule has 1 aromatic carbocycles. The summed E-state index contributed by atoms with van der Waals surface area (Å²) in [5.74, 6) is 1.38. The van der Waals surface area contributed by atoms with Crippen LogP contribution in [0.5, 0.6) is 0 Å². The zero-order valence-corrected chi connectivity index (χ0v) is 19.2. The number of nitrogens with zero attached hydrogens (tertiary/aromatic N) is 2. The Morgan fingerprint density at radius 2 is 1.65 bits per heavy atom. The molecule has 5 heteroatoms. The van der Waals surface area contributed by atoms with Crippen LogP contribution in [-0.2, 0) is 11.2 Å². The highest BCUT2D eigenvalue weighted by Gasteiger charge is 2.34. The summed E-state index contributed by atoms with van der Waals surface area (Å²) in [6.45, 7) is 3.44. The third kappa shape index (κ3) is 6.31. The second kappa shape index (κ2) is 10.6. The fraction of sp³-hybridized carbons (Fsp3) is 0.692. The van der Waals surface area contributed by atoms with E-state index in [1.165, 1.54) is 37.7 Å². The molecule has 0 aromatic heterocycles. The van der Waals surface area contributed by atoms with E-state index >= 15 is 0 Å². The van der Waals surface area contributed by atoms with E-state index in [-0.39, 0.29) is 5.91 Å². The van der Waals surface area contributed by atoms with Gasteiger partial charge in [-0.15, -0.1) is 0 Å². The third-order valence-electron chi connectivity index (χ3n) is 7.54. The summed E-state index contributed by atoms with van der Waals surface area (Å²) in [6, 6.07) is 8.81. The van der Waals surface area contributed by atoms with Gasteiger partial charge in [0, 0.05) is 43.7 Å². The monoisotopic (exact) mass is 425 g/mol. The second-order valence-electron chi connectivity index (χ2n) is 9.97. The molecule has 0 spiro atoms. The van der Waals surface area contributed by atoms with Crippen molar-refractivity contribution in [3.05, 3.63) is 35.4 Å². The van der Waals surface area contributed by atoms with Crippen LogP contribution < -0.4 is 5.32 Å². The van der Waals surface area contributed by atoms with Gasteiger partial charge in [0.05, 0.1) is 0 Å². The van der Waals surface area contributed by atoms with Crippen molar-refractivity contribution in [2.45, 2.75) is 70.3 Å². The van der Waals surface area contributed by atoms with Gasteiger partial charge in [0.15, 0.2) is 0 Å². The summed E-state index contributed by atoms with van der Waals surface area (Å²) >= 11 is 0. The summed E-state index contributed by atoms with van der Waals surface area (Å²) in [7, 11) is 2.18. The molecular formula is C26H39N3O2. The van der Waals surface area contributed by atoms with Crippen LogP contribution in [0.1, 0.15) is 73.7 Å². The molecule has 5 nitrogen and oxygen atoms in total. The number of hydrogen-bond acceptors (Lipinski definition) is 3. The number of likely N-dealkylation sites (N-methyl/N-ethyl adjacent to an activating group) is 1. The molecule has 3 fully saturated rings. The largest absolute Gasteiger partial charge is 0.351 e. The highest BCUT2D eigenvalue weighted by Crippen LogP contribution is 2.33. The van der Waals surface area contributed by atoms with E-state index in [1.54, 1.807) is 0 Å². The quantitative estimate of drug-likeness (QED) is 0.688. The molecule has 2 amide bonds. The van der Waals surface area contributed by atoms with Crippen molar-refractivity contribution >= 4 is 11.8 Å². The van der Waals surface area contributed by atoms with Crippen LogP contribution in [0.25, 0.3) is 0 Å². The molecule has 2 aliphatic carbocycles. The zero-order chi connectivity index (χ0) is 21.6. The summed E-state index contributed by atoms with van der Waals surface area (Å²) in [4.78, 5) is 29.2. The van der Waals surface area contributed by atoms with Gasteiger partial charge in [-0.05, 0) is 75.6 Å². The van der Waals surface area contributed by atoms with Crippen LogP contribution in [-0.4, -0.2) is 60.9 Å². The first-order chi connectivity index (χ1) is 15.1. The smallest absolute Gasteiger partial charge is 0.251 e. The maximum Gasteiger partial charge on any atom is 0.251 e. The Morgan fingerprint density at radius 1 is 0.968 bits per heavy atom. The van der Waals surface area contributed by atoms with Crippen LogP contribution >= 0.6 is 0 Å². The van der Waals surface area contributed by atoms with E-state index in [1.807, 2.05) is 12.1 Å². The Bertz CT molecular complexity index is 730. The molecule has 1 saturated heterocycles. The second-order valence-corrected chi connectivity index (χ2v) is 9.97. The Labute approximate surface area is 187 Å². The first-order valence-electron chi connectivity index (χ1n) is 12.5. The number of carbonyl (C=O) groups is 2. The molecule has 0 bridgehead atoms. The van der Waals surface area contributed by atoms with Gasteiger partial charge in [-0.25, -0.2) is 0 Å². The van der Waals surface area contributed by atoms with Gasteiger partial charge in [-0.3, -0.25) is 9.59 Å². The van der Waals surface area contributed by atoms with Crippen LogP contribution in [0.4, 0.5) is 0 Å². The predicted molar refractivity (Wildman–Crippen MR) is 124 cm³/mol. The summed E-state index contributed by atoms with van der Waals surface area (Å²) in [6.07, 6.45) is 12.0. The van der Waals surface area contributed by atoms with Crippen molar-refractivity contribution in [1.29, 1.82) is 0 Å². The first-order valence-corrected chi connectivity index (χ1v) is 12.5. The number of hydrogen-bond donors (Lipinski definition) is 1. The van der Waals surface area contributed by atoms with Gasteiger partial charge in [-0.1, -0.05) is 31.4 Å². The fourth-order valence-electron chi connectivity index (χ4n) is 5.22. The lowest BCUT2D eigenvalue weighted by molar-refractivity contribution is -0.133. The minimum atomic E-state index is 0.0236. The Morgan fingerprint density at radius 3 is 2.29 bits per heavy atom. The molecule has 1 aromatic rings. The maximum atomic E-state index is 12.5. The lowest BCUT2D eigenvalue weighted by Gasteiger charge is -2.32. The fourth-order valence-corrected chi connectivity index (χ4v) is 5.22. The number of benzene rings is 1. The molecular weight excluding hydrogens is 386 g/mol. The highest BCUT2D eigenvalue weighted by molar-refractivity contribution is 5.94. The van der Waals surface area contributed by atoms with Crippen LogP contribution in [0.3, 0.4) is 0 Å². The van der Waals surface area contributed by atoms with E-state index in [4.69, 9.17) is 0 Å². The number of nitrogens with one attached hydrogen (secondary N) is 1. The molecule has 4 rings (SSSR count). The average Bonchev–Trinajstić information content (AvgIpc) is 3.65. The Balaban J connectivity index is 1.16. The molecule has 1 heterocycles. The number of rotatable bonds is 8. The third-order valence-corrected chi connectivity index (χ3v) is 7.54. The average molecular weight is 426 g/mol. The molecule has 0 atom stereocenters. The molecule has 0 radical (unpaired) electrons. The number of likely N-dealkylation sites (tertiary alicyclic amines) is 1. The van der Waals surface area contributed by atoms with Crippen molar-refractivity contribution in [2.75, 3.05) is 33.2 Å². The molecule has 1 N–H and O–H groups in total. The standard InChI is InChI=1S/C26H39N3O2/c1-28(24-5-3-2-4-6-24)18-15-27-25(30)22-9-7-20(8-10-22)19-21-13-16-29(17-14-21)26(31)23-11-12-23/h7-10,21,23-24H,2-6,11-19H2,1H3,(H,27,30). The van der Waals surface area contributed by atoms with Gasteiger partial charge < -0.3 is 15.1 Å². The van der Waals surface area contributed by atoms with Gasteiger partial charge >= 0.3 is 0 Å².